The Bertz CT molecular complexity index is 346. The van der Waals surface area contributed by atoms with Crippen LogP contribution in [0, 0.1) is 5.92 Å². The normalized spacial score (nSPS) is 35.4. The molecule has 0 radical (unpaired) electrons. The molecule has 1 aromatic heterocycles. The molecule has 1 saturated heterocycles. The number of aromatic nitrogens is 2. The van der Waals surface area contributed by atoms with Crippen molar-refractivity contribution in [2.24, 2.45) is 5.92 Å². The van der Waals surface area contributed by atoms with Crippen molar-refractivity contribution < 1.29 is 9.26 Å². The van der Waals surface area contributed by atoms with Crippen LogP contribution in [0.3, 0.4) is 0 Å². The summed E-state index contributed by atoms with van der Waals surface area (Å²) in [6.45, 7) is 4.58. The molecule has 0 bridgehead atoms. The van der Waals surface area contributed by atoms with Crippen molar-refractivity contribution in [3.05, 3.63) is 11.7 Å². The molecular weight excluding hydrogens is 194 g/mol. The summed E-state index contributed by atoms with van der Waals surface area (Å²) < 4.78 is 10.8. The number of morpholine rings is 1. The number of nitrogens with zero attached hydrogens (tertiary/aromatic N) is 2. The molecule has 5 heteroatoms. The van der Waals surface area contributed by atoms with Crippen LogP contribution in [0.5, 0.6) is 0 Å². The Labute approximate surface area is 88.2 Å². The summed E-state index contributed by atoms with van der Waals surface area (Å²) in [6.07, 6.45) is 1.12. The van der Waals surface area contributed by atoms with Crippen LogP contribution in [0.4, 0.5) is 0 Å². The Morgan fingerprint density at radius 3 is 3.00 bits per heavy atom. The lowest BCUT2D eigenvalue weighted by Gasteiger charge is -2.19. The predicted octanol–water partition coefficient (Wildman–Crippen LogP) is 0.854. The summed E-state index contributed by atoms with van der Waals surface area (Å²) in [5.41, 5.74) is 0. The van der Waals surface area contributed by atoms with Gasteiger partial charge in [0, 0.05) is 19.0 Å². The Balaban J connectivity index is 1.72. The van der Waals surface area contributed by atoms with Crippen molar-refractivity contribution in [2.45, 2.75) is 25.4 Å². The maximum absolute atomic E-state index is 5.55. The van der Waals surface area contributed by atoms with Gasteiger partial charge in [0.25, 0.3) is 5.89 Å². The molecule has 2 heterocycles. The molecule has 1 aromatic rings. The van der Waals surface area contributed by atoms with Crippen molar-refractivity contribution in [3.8, 4) is 0 Å². The van der Waals surface area contributed by atoms with Crippen molar-refractivity contribution in [1.82, 2.24) is 15.5 Å². The second kappa shape index (κ2) is 3.57. The van der Waals surface area contributed by atoms with Gasteiger partial charge in [0.05, 0.1) is 6.61 Å². The van der Waals surface area contributed by atoms with Gasteiger partial charge in [-0.2, -0.15) is 4.98 Å². The minimum atomic E-state index is -0.0611. The fraction of sp³-hybridized carbons (Fsp3) is 0.800. The van der Waals surface area contributed by atoms with Gasteiger partial charge in [-0.1, -0.05) is 12.1 Å². The van der Waals surface area contributed by atoms with Gasteiger partial charge in [0.1, 0.15) is 6.10 Å². The molecule has 3 unspecified atom stereocenters. The summed E-state index contributed by atoms with van der Waals surface area (Å²) in [5, 5.41) is 7.25. The summed E-state index contributed by atoms with van der Waals surface area (Å²) >= 11 is 0. The van der Waals surface area contributed by atoms with Gasteiger partial charge in [-0.05, 0) is 12.3 Å². The molecular formula is C10H15N3O2. The van der Waals surface area contributed by atoms with E-state index in [-0.39, 0.29) is 6.10 Å². The van der Waals surface area contributed by atoms with E-state index >= 15 is 0 Å². The van der Waals surface area contributed by atoms with Gasteiger partial charge < -0.3 is 14.6 Å². The fourth-order valence-electron chi connectivity index (χ4n) is 1.93. The lowest BCUT2D eigenvalue weighted by Crippen LogP contribution is -2.33. The lowest BCUT2D eigenvalue weighted by molar-refractivity contribution is 0.00755. The van der Waals surface area contributed by atoms with Crippen LogP contribution in [-0.2, 0) is 4.74 Å². The van der Waals surface area contributed by atoms with E-state index in [2.05, 4.69) is 22.4 Å². The van der Waals surface area contributed by atoms with E-state index in [0.29, 0.717) is 24.3 Å². The molecule has 0 amide bonds. The maximum atomic E-state index is 5.55. The summed E-state index contributed by atoms with van der Waals surface area (Å²) in [7, 11) is 0. The number of hydrogen-bond donors (Lipinski definition) is 1. The van der Waals surface area contributed by atoms with Crippen molar-refractivity contribution >= 4 is 0 Å². The number of hydrogen-bond acceptors (Lipinski definition) is 5. The smallest absolute Gasteiger partial charge is 0.257 e. The first-order chi connectivity index (χ1) is 7.34. The van der Waals surface area contributed by atoms with Crippen LogP contribution in [0.1, 0.15) is 37.1 Å². The molecule has 0 spiro atoms. The zero-order chi connectivity index (χ0) is 10.3. The second-order valence-electron chi connectivity index (χ2n) is 4.37. The number of rotatable bonds is 2. The first-order valence-electron chi connectivity index (χ1n) is 5.50. The van der Waals surface area contributed by atoms with Gasteiger partial charge in [-0.15, -0.1) is 0 Å². The predicted molar refractivity (Wildman–Crippen MR) is 52.4 cm³/mol. The van der Waals surface area contributed by atoms with Gasteiger partial charge in [-0.3, -0.25) is 0 Å². The monoisotopic (exact) mass is 209 g/mol. The number of ether oxygens (including phenoxy) is 1. The number of nitrogens with one attached hydrogen (secondary N) is 1. The van der Waals surface area contributed by atoms with Gasteiger partial charge in [-0.25, -0.2) is 0 Å². The third-order valence-electron chi connectivity index (χ3n) is 3.10. The molecule has 15 heavy (non-hydrogen) atoms. The van der Waals surface area contributed by atoms with Crippen LogP contribution >= 0.6 is 0 Å². The third-order valence-corrected chi connectivity index (χ3v) is 3.10. The highest BCUT2D eigenvalue weighted by Crippen LogP contribution is 2.45. The van der Waals surface area contributed by atoms with Crippen molar-refractivity contribution in [3.63, 3.8) is 0 Å². The van der Waals surface area contributed by atoms with Crippen LogP contribution in [0.25, 0.3) is 0 Å². The standard InChI is InChI=1S/C10H15N3O2/c1-6-4-7(6)9-12-10(15-13-9)8-5-11-2-3-14-8/h6-8,11H,2-5H2,1H3. The Hall–Kier alpha value is -0.940. The first kappa shape index (κ1) is 9.30. The van der Waals surface area contributed by atoms with Gasteiger partial charge in [0.2, 0.25) is 0 Å². The van der Waals surface area contributed by atoms with Crippen LogP contribution in [0.15, 0.2) is 4.52 Å². The first-order valence-corrected chi connectivity index (χ1v) is 5.50. The quantitative estimate of drug-likeness (QED) is 0.782. The second-order valence-corrected chi connectivity index (χ2v) is 4.37. The van der Waals surface area contributed by atoms with E-state index in [1.165, 1.54) is 6.42 Å². The van der Waals surface area contributed by atoms with Crippen molar-refractivity contribution in [2.75, 3.05) is 19.7 Å². The maximum Gasteiger partial charge on any atom is 0.257 e. The summed E-state index contributed by atoms with van der Waals surface area (Å²) in [6, 6.07) is 0. The zero-order valence-corrected chi connectivity index (χ0v) is 8.77. The summed E-state index contributed by atoms with van der Waals surface area (Å²) in [5.74, 6) is 2.70. The van der Waals surface area contributed by atoms with Crippen LogP contribution in [0.2, 0.25) is 0 Å². The topological polar surface area (TPSA) is 60.2 Å². The van der Waals surface area contributed by atoms with E-state index in [0.717, 1.165) is 18.9 Å². The molecule has 1 saturated carbocycles. The highest BCUT2D eigenvalue weighted by atomic mass is 16.5. The van der Waals surface area contributed by atoms with E-state index in [1.54, 1.807) is 0 Å². The Morgan fingerprint density at radius 1 is 1.47 bits per heavy atom. The molecule has 2 fully saturated rings. The molecule has 5 nitrogen and oxygen atoms in total. The highest BCUT2D eigenvalue weighted by molar-refractivity contribution is 5.08. The SMILES string of the molecule is CC1CC1c1noc(C2CNCCO2)n1. The third kappa shape index (κ3) is 1.77. The average Bonchev–Trinajstić information content (AvgIpc) is 2.83. The zero-order valence-electron chi connectivity index (χ0n) is 8.77. The van der Waals surface area contributed by atoms with E-state index < -0.39 is 0 Å². The fourth-order valence-corrected chi connectivity index (χ4v) is 1.93. The van der Waals surface area contributed by atoms with Gasteiger partial charge in [0.15, 0.2) is 5.82 Å². The average molecular weight is 209 g/mol. The van der Waals surface area contributed by atoms with Crippen molar-refractivity contribution in [1.29, 1.82) is 0 Å². The highest BCUT2D eigenvalue weighted by Gasteiger charge is 2.38. The van der Waals surface area contributed by atoms with Gasteiger partial charge >= 0.3 is 0 Å². The largest absolute Gasteiger partial charge is 0.366 e. The molecule has 82 valence electrons. The Kier molecular flexibility index (Phi) is 2.21. The Morgan fingerprint density at radius 2 is 2.33 bits per heavy atom. The lowest BCUT2D eigenvalue weighted by atomic mass is 10.3. The van der Waals surface area contributed by atoms with Crippen LogP contribution in [-0.4, -0.2) is 29.8 Å². The molecule has 0 aromatic carbocycles. The summed E-state index contributed by atoms with van der Waals surface area (Å²) in [4.78, 5) is 4.40. The minimum Gasteiger partial charge on any atom is -0.366 e. The van der Waals surface area contributed by atoms with E-state index in [9.17, 15) is 0 Å². The molecule has 1 aliphatic heterocycles. The molecule has 2 aliphatic rings. The molecule has 1 aliphatic carbocycles. The van der Waals surface area contributed by atoms with E-state index in [4.69, 9.17) is 9.26 Å². The molecule has 3 atom stereocenters. The van der Waals surface area contributed by atoms with E-state index in [1.807, 2.05) is 0 Å². The molecule has 3 rings (SSSR count). The molecule has 1 N–H and O–H groups in total. The van der Waals surface area contributed by atoms with Crippen LogP contribution < -0.4 is 5.32 Å². The minimum absolute atomic E-state index is 0.0611.